The average Bonchev–Trinajstić information content (AvgIpc) is 2.18. The van der Waals surface area contributed by atoms with E-state index in [1.54, 1.807) is 0 Å². The first-order valence-corrected chi connectivity index (χ1v) is 5.55. The van der Waals surface area contributed by atoms with Crippen LogP contribution in [0.15, 0.2) is 0 Å². The summed E-state index contributed by atoms with van der Waals surface area (Å²) >= 11 is 0. The maximum Gasteiger partial charge on any atom is 0.0638 e. The molecule has 1 aliphatic heterocycles. The van der Waals surface area contributed by atoms with Crippen LogP contribution in [-0.2, 0) is 0 Å². The van der Waals surface area contributed by atoms with Gasteiger partial charge in [0.1, 0.15) is 0 Å². The summed E-state index contributed by atoms with van der Waals surface area (Å²) in [7, 11) is 0. The summed E-state index contributed by atoms with van der Waals surface area (Å²) in [5.41, 5.74) is 0. The molecule has 0 aromatic rings. The van der Waals surface area contributed by atoms with Gasteiger partial charge in [0, 0.05) is 31.2 Å². The third-order valence-corrected chi connectivity index (χ3v) is 3.08. The van der Waals surface area contributed by atoms with Gasteiger partial charge < -0.3 is 5.32 Å². The van der Waals surface area contributed by atoms with Crippen LogP contribution in [0.2, 0.25) is 0 Å². The van der Waals surface area contributed by atoms with Crippen molar-refractivity contribution >= 4 is 0 Å². The van der Waals surface area contributed by atoms with Crippen molar-refractivity contribution in [3.8, 4) is 6.07 Å². The van der Waals surface area contributed by atoms with Gasteiger partial charge in [0.2, 0.25) is 0 Å². The van der Waals surface area contributed by atoms with Crippen molar-refractivity contribution in [2.45, 2.75) is 51.7 Å². The molecule has 1 saturated heterocycles. The normalized spacial score (nSPS) is 31.0. The standard InChI is InChI=1S/C11H21N3/c1-4-11(5-6-12)14-8-9(2)13-7-10(14)3/h9-11,13H,4-5,7-8H2,1-3H3. The molecule has 3 nitrogen and oxygen atoms in total. The molecule has 1 N–H and O–H groups in total. The van der Waals surface area contributed by atoms with Crippen LogP contribution in [0, 0.1) is 11.3 Å². The van der Waals surface area contributed by atoms with Crippen LogP contribution in [0.1, 0.15) is 33.6 Å². The molecule has 0 amide bonds. The third kappa shape index (κ3) is 2.70. The molecule has 3 atom stereocenters. The topological polar surface area (TPSA) is 39.1 Å². The van der Waals surface area contributed by atoms with E-state index in [9.17, 15) is 0 Å². The van der Waals surface area contributed by atoms with E-state index in [4.69, 9.17) is 5.26 Å². The van der Waals surface area contributed by atoms with Crippen molar-refractivity contribution in [2.75, 3.05) is 13.1 Å². The Morgan fingerprint density at radius 2 is 2.29 bits per heavy atom. The Morgan fingerprint density at radius 1 is 1.57 bits per heavy atom. The van der Waals surface area contributed by atoms with Crippen molar-refractivity contribution in [1.29, 1.82) is 5.26 Å². The number of nitrogens with one attached hydrogen (secondary N) is 1. The molecule has 3 heteroatoms. The van der Waals surface area contributed by atoms with Gasteiger partial charge >= 0.3 is 0 Å². The number of rotatable bonds is 3. The minimum Gasteiger partial charge on any atom is -0.311 e. The number of nitrogens with zero attached hydrogens (tertiary/aromatic N) is 2. The second-order valence-corrected chi connectivity index (χ2v) is 4.28. The lowest BCUT2D eigenvalue weighted by Crippen LogP contribution is -2.57. The van der Waals surface area contributed by atoms with Gasteiger partial charge in [-0.15, -0.1) is 0 Å². The van der Waals surface area contributed by atoms with E-state index in [1.807, 2.05) is 0 Å². The van der Waals surface area contributed by atoms with Crippen LogP contribution >= 0.6 is 0 Å². The van der Waals surface area contributed by atoms with E-state index in [0.717, 1.165) is 19.5 Å². The predicted molar refractivity (Wildman–Crippen MR) is 57.9 cm³/mol. The van der Waals surface area contributed by atoms with Crippen molar-refractivity contribution in [3.05, 3.63) is 0 Å². The minimum atomic E-state index is 0.444. The van der Waals surface area contributed by atoms with Gasteiger partial charge in [-0.25, -0.2) is 0 Å². The van der Waals surface area contributed by atoms with Gasteiger partial charge in [0.15, 0.2) is 0 Å². The van der Waals surface area contributed by atoms with Crippen LogP contribution in [0.4, 0.5) is 0 Å². The highest BCUT2D eigenvalue weighted by Gasteiger charge is 2.27. The maximum atomic E-state index is 8.76. The molecule has 80 valence electrons. The predicted octanol–water partition coefficient (Wildman–Crippen LogP) is 1.36. The van der Waals surface area contributed by atoms with Crippen molar-refractivity contribution in [3.63, 3.8) is 0 Å². The van der Waals surface area contributed by atoms with E-state index in [-0.39, 0.29) is 0 Å². The van der Waals surface area contributed by atoms with E-state index in [0.29, 0.717) is 24.5 Å². The van der Waals surface area contributed by atoms with Crippen LogP contribution in [-0.4, -0.2) is 36.1 Å². The second kappa shape index (κ2) is 5.33. The average molecular weight is 195 g/mol. The zero-order valence-corrected chi connectivity index (χ0v) is 9.45. The Hall–Kier alpha value is -0.590. The first-order valence-electron chi connectivity index (χ1n) is 5.55. The Bertz CT molecular complexity index is 209. The SMILES string of the molecule is CCC(CC#N)N1CC(C)NCC1C. The highest BCUT2D eigenvalue weighted by molar-refractivity contribution is 4.89. The molecule has 0 radical (unpaired) electrons. The number of hydrogen-bond acceptors (Lipinski definition) is 3. The first-order chi connectivity index (χ1) is 6.69. The lowest BCUT2D eigenvalue weighted by atomic mass is 10.0. The zero-order valence-electron chi connectivity index (χ0n) is 9.45. The number of piperazine rings is 1. The zero-order chi connectivity index (χ0) is 10.6. The van der Waals surface area contributed by atoms with Gasteiger partial charge in [-0.3, -0.25) is 4.90 Å². The van der Waals surface area contributed by atoms with E-state index in [2.05, 4.69) is 37.1 Å². The van der Waals surface area contributed by atoms with Crippen LogP contribution in [0.5, 0.6) is 0 Å². The molecule has 1 fully saturated rings. The molecule has 0 aliphatic carbocycles. The lowest BCUT2D eigenvalue weighted by molar-refractivity contribution is 0.0943. The molecular formula is C11H21N3. The van der Waals surface area contributed by atoms with E-state index < -0.39 is 0 Å². The number of nitriles is 1. The largest absolute Gasteiger partial charge is 0.311 e. The summed E-state index contributed by atoms with van der Waals surface area (Å²) in [6.07, 6.45) is 1.73. The highest BCUT2D eigenvalue weighted by atomic mass is 15.2. The summed E-state index contributed by atoms with van der Waals surface area (Å²) in [6, 6.07) is 3.85. The molecular weight excluding hydrogens is 174 g/mol. The molecule has 0 aromatic heterocycles. The van der Waals surface area contributed by atoms with Crippen LogP contribution in [0.3, 0.4) is 0 Å². The van der Waals surface area contributed by atoms with Gasteiger partial charge in [0.25, 0.3) is 0 Å². The second-order valence-electron chi connectivity index (χ2n) is 4.28. The fraction of sp³-hybridized carbons (Fsp3) is 0.909. The molecule has 1 rings (SSSR count). The fourth-order valence-electron chi connectivity index (χ4n) is 2.16. The Balaban J connectivity index is 2.58. The van der Waals surface area contributed by atoms with Gasteiger partial charge in [0.05, 0.1) is 12.5 Å². The van der Waals surface area contributed by atoms with E-state index in [1.165, 1.54) is 0 Å². The van der Waals surface area contributed by atoms with Crippen LogP contribution in [0.25, 0.3) is 0 Å². The summed E-state index contributed by atoms with van der Waals surface area (Å²) in [5.74, 6) is 0. The molecule has 0 spiro atoms. The molecule has 0 aromatic carbocycles. The lowest BCUT2D eigenvalue weighted by Gasteiger charge is -2.41. The summed E-state index contributed by atoms with van der Waals surface area (Å²) < 4.78 is 0. The van der Waals surface area contributed by atoms with Gasteiger partial charge in [-0.05, 0) is 20.3 Å². The Labute approximate surface area is 87.1 Å². The van der Waals surface area contributed by atoms with E-state index >= 15 is 0 Å². The van der Waals surface area contributed by atoms with Crippen molar-refractivity contribution in [1.82, 2.24) is 10.2 Å². The van der Waals surface area contributed by atoms with Crippen LogP contribution < -0.4 is 5.32 Å². The Morgan fingerprint density at radius 3 is 2.86 bits per heavy atom. The van der Waals surface area contributed by atoms with Gasteiger partial charge in [-0.1, -0.05) is 6.92 Å². The maximum absolute atomic E-state index is 8.76. The third-order valence-electron chi connectivity index (χ3n) is 3.08. The van der Waals surface area contributed by atoms with Gasteiger partial charge in [-0.2, -0.15) is 5.26 Å². The molecule has 1 heterocycles. The number of hydrogen-bond donors (Lipinski definition) is 1. The first kappa shape index (κ1) is 11.5. The molecule has 3 unspecified atom stereocenters. The monoisotopic (exact) mass is 195 g/mol. The summed E-state index contributed by atoms with van der Waals surface area (Å²) in [6.45, 7) is 8.72. The smallest absolute Gasteiger partial charge is 0.0638 e. The van der Waals surface area contributed by atoms with Crippen molar-refractivity contribution in [2.24, 2.45) is 0 Å². The summed E-state index contributed by atoms with van der Waals surface area (Å²) in [5, 5.41) is 12.2. The minimum absolute atomic E-state index is 0.444. The molecule has 0 saturated carbocycles. The summed E-state index contributed by atoms with van der Waals surface area (Å²) in [4.78, 5) is 2.48. The molecule has 14 heavy (non-hydrogen) atoms. The quantitative estimate of drug-likeness (QED) is 0.739. The highest BCUT2D eigenvalue weighted by Crippen LogP contribution is 2.15. The molecule has 1 aliphatic rings. The Kier molecular flexibility index (Phi) is 4.37. The van der Waals surface area contributed by atoms with Crippen molar-refractivity contribution < 1.29 is 0 Å². The fourth-order valence-corrected chi connectivity index (χ4v) is 2.16. The molecule has 0 bridgehead atoms.